The van der Waals surface area contributed by atoms with Gasteiger partial charge in [0, 0.05) is 12.4 Å². The largest absolute Gasteiger partial charge is 0.308 e. The first-order chi connectivity index (χ1) is 9.15. The lowest BCUT2D eigenvalue weighted by Gasteiger charge is -2.07. The zero-order valence-electron chi connectivity index (χ0n) is 9.75. The van der Waals surface area contributed by atoms with Gasteiger partial charge in [-0.2, -0.15) is 5.10 Å². The number of hydrogen-bond acceptors (Lipinski definition) is 2. The second-order valence-corrected chi connectivity index (χ2v) is 5.00. The summed E-state index contributed by atoms with van der Waals surface area (Å²) < 4.78 is 16.6. The van der Waals surface area contributed by atoms with Gasteiger partial charge in [0.15, 0.2) is 0 Å². The van der Waals surface area contributed by atoms with Crippen LogP contribution < -0.4 is 5.56 Å². The van der Waals surface area contributed by atoms with Crippen molar-refractivity contribution in [2.24, 2.45) is 0 Å². The molecule has 96 valence electrons. The third kappa shape index (κ3) is 2.19. The Bertz CT molecular complexity index is 809. The molecule has 0 spiro atoms. The van der Waals surface area contributed by atoms with Crippen LogP contribution in [0.15, 0.2) is 52.1 Å². The third-order valence-corrected chi connectivity index (χ3v) is 3.48. The summed E-state index contributed by atoms with van der Waals surface area (Å²) in [5, 5.41) is 4.00. The maximum absolute atomic E-state index is 13.2. The number of halogens is 2. The van der Waals surface area contributed by atoms with Gasteiger partial charge >= 0.3 is 0 Å². The Kier molecular flexibility index (Phi) is 2.94. The van der Waals surface area contributed by atoms with Gasteiger partial charge in [-0.25, -0.2) is 8.91 Å². The highest BCUT2D eigenvalue weighted by atomic mass is 79.9. The minimum Gasteiger partial charge on any atom is -0.308 e. The van der Waals surface area contributed by atoms with Crippen molar-refractivity contribution < 1.29 is 4.39 Å². The summed E-state index contributed by atoms with van der Waals surface area (Å²) in [6.45, 7) is 0.388. The van der Waals surface area contributed by atoms with E-state index in [4.69, 9.17) is 0 Å². The first-order valence-electron chi connectivity index (χ1n) is 5.62. The van der Waals surface area contributed by atoms with Gasteiger partial charge in [0.2, 0.25) is 0 Å². The van der Waals surface area contributed by atoms with E-state index in [1.165, 1.54) is 10.6 Å². The van der Waals surface area contributed by atoms with Gasteiger partial charge in [0.05, 0.1) is 17.2 Å². The van der Waals surface area contributed by atoms with Crippen LogP contribution in [0, 0.1) is 5.82 Å². The predicted molar refractivity (Wildman–Crippen MR) is 72.7 cm³/mol. The van der Waals surface area contributed by atoms with E-state index in [-0.39, 0.29) is 11.4 Å². The number of fused-ring (bicyclic) bond motifs is 1. The molecule has 0 amide bonds. The van der Waals surface area contributed by atoms with E-state index in [1.807, 2.05) is 0 Å². The van der Waals surface area contributed by atoms with Crippen molar-refractivity contribution in [1.82, 2.24) is 14.2 Å². The first-order valence-corrected chi connectivity index (χ1v) is 6.41. The molecule has 19 heavy (non-hydrogen) atoms. The summed E-state index contributed by atoms with van der Waals surface area (Å²) in [7, 11) is 0. The molecule has 0 aliphatic heterocycles. The molecular formula is C13H9BrFN3O. The summed E-state index contributed by atoms with van der Waals surface area (Å²) in [5.41, 5.74) is 1.24. The molecule has 0 unspecified atom stereocenters. The molecule has 2 aromatic heterocycles. The van der Waals surface area contributed by atoms with Gasteiger partial charge < -0.3 is 4.57 Å². The Morgan fingerprint density at radius 1 is 1.26 bits per heavy atom. The summed E-state index contributed by atoms with van der Waals surface area (Å²) in [6, 6.07) is 6.37. The molecular weight excluding hydrogens is 313 g/mol. The number of benzene rings is 1. The highest BCUT2D eigenvalue weighted by Crippen LogP contribution is 2.17. The summed E-state index contributed by atoms with van der Waals surface area (Å²) >= 11 is 3.14. The fraction of sp³-hybridized carbons (Fsp3) is 0.0769. The molecule has 3 rings (SSSR count). The van der Waals surface area contributed by atoms with Crippen molar-refractivity contribution in [2.45, 2.75) is 6.54 Å². The van der Waals surface area contributed by atoms with Crippen LogP contribution in [0.1, 0.15) is 5.56 Å². The van der Waals surface area contributed by atoms with Crippen LogP contribution in [0.4, 0.5) is 4.39 Å². The lowest BCUT2D eigenvalue weighted by molar-refractivity contribution is 0.619. The Morgan fingerprint density at radius 3 is 2.89 bits per heavy atom. The fourth-order valence-electron chi connectivity index (χ4n) is 1.92. The molecule has 6 heteroatoms. The standard InChI is InChI=1S/C13H9BrFN3O/c14-10-7-9(1-2-11(10)15)8-17-5-6-18-12(13(17)19)3-4-16-18/h1-7H,8H2. The fourth-order valence-corrected chi connectivity index (χ4v) is 2.35. The van der Waals surface area contributed by atoms with Gasteiger partial charge in [0.25, 0.3) is 5.56 Å². The zero-order chi connectivity index (χ0) is 13.4. The molecule has 3 aromatic rings. The van der Waals surface area contributed by atoms with Crippen LogP contribution in [-0.2, 0) is 6.54 Å². The third-order valence-electron chi connectivity index (χ3n) is 2.88. The lowest BCUT2D eigenvalue weighted by atomic mass is 10.2. The smallest absolute Gasteiger partial charge is 0.276 e. The maximum Gasteiger partial charge on any atom is 0.276 e. The molecule has 0 N–H and O–H groups in total. The molecule has 0 aliphatic carbocycles. The van der Waals surface area contributed by atoms with Crippen molar-refractivity contribution in [1.29, 1.82) is 0 Å². The number of aromatic nitrogens is 3. The normalized spacial score (nSPS) is 11.1. The van der Waals surface area contributed by atoms with Crippen molar-refractivity contribution in [3.8, 4) is 0 Å². The molecule has 0 fully saturated rings. The number of hydrogen-bond donors (Lipinski definition) is 0. The van der Waals surface area contributed by atoms with Gasteiger partial charge in [-0.05, 0) is 39.7 Å². The molecule has 2 heterocycles. The first kappa shape index (κ1) is 12.1. The minimum atomic E-state index is -0.317. The van der Waals surface area contributed by atoms with E-state index in [2.05, 4.69) is 21.0 Å². The second-order valence-electron chi connectivity index (χ2n) is 4.14. The monoisotopic (exact) mass is 321 g/mol. The van der Waals surface area contributed by atoms with Crippen LogP contribution in [0.25, 0.3) is 5.52 Å². The SMILES string of the molecule is O=c1c2ccnn2ccn1Cc1ccc(F)c(Br)c1. The Labute approximate surface area is 116 Å². The summed E-state index contributed by atoms with van der Waals surface area (Å²) in [6.07, 6.45) is 4.96. The molecule has 4 nitrogen and oxygen atoms in total. The van der Waals surface area contributed by atoms with Gasteiger partial charge in [-0.3, -0.25) is 4.79 Å². The van der Waals surface area contributed by atoms with Gasteiger partial charge in [-0.15, -0.1) is 0 Å². The van der Waals surface area contributed by atoms with Crippen molar-refractivity contribution >= 4 is 21.4 Å². The van der Waals surface area contributed by atoms with Crippen molar-refractivity contribution in [2.75, 3.05) is 0 Å². The topological polar surface area (TPSA) is 39.3 Å². The quantitative estimate of drug-likeness (QED) is 0.727. The highest BCUT2D eigenvalue weighted by Gasteiger charge is 2.05. The van der Waals surface area contributed by atoms with Crippen LogP contribution in [0.5, 0.6) is 0 Å². The van der Waals surface area contributed by atoms with E-state index >= 15 is 0 Å². The summed E-state index contributed by atoms with van der Waals surface area (Å²) in [5.74, 6) is -0.317. The maximum atomic E-state index is 13.2. The average molecular weight is 322 g/mol. The number of nitrogens with zero attached hydrogens (tertiary/aromatic N) is 3. The van der Waals surface area contributed by atoms with Crippen LogP contribution in [0.3, 0.4) is 0 Å². The minimum absolute atomic E-state index is 0.125. The highest BCUT2D eigenvalue weighted by molar-refractivity contribution is 9.10. The second kappa shape index (κ2) is 4.62. The van der Waals surface area contributed by atoms with Gasteiger partial charge in [-0.1, -0.05) is 6.07 Å². The van der Waals surface area contributed by atoms with Crippen LogP contribution in [0.2, 0.25) is 0 Å². The molecule has 0 saturated heterocycles. The van der Waals surface area contributed by atoms with E-state index < -0.39 is 0 Å². The Balaban J connectivity index is 2.03. The van der Waals surface area contributed by atoms with E-state index in [1.54, 1.807) is 41.4 Å². The Hall–Kier alpha value is -1.95. The molecule has 0 radical (unpaired) electrons. The Morgan fingerprint density at radius 2 is 2.11 bits per heavy atom. The molecule has 1 aromatic carbocycles. The van der Waals surface area contributed by atoms with E-state index in [0.29, 0.717) is 16.5 Å². The van der Waals surface area contributed by atoms with Gasteiger partial charge in [0.1, 0.15) is 11.3 Å². The van der Waals surface area contributed by atoms with E-state index in [0.717, 1.165) is 5.56 Å². The summed E-state index contributed by atoms with van der Waals surface area (Å²) in [4.78, 5) is 12.2. The molecule has 0 bridgehead atoms. The number of rotatable bonds is 2. The van der Waals surface area contributed by atoms with E-state index in [9.17, 15) is 9.18 Å². The van der Waals surface area contributed by atoms with Crippen molar-refractivity contribution in [3.63, 3.8) is 0 Å². The van der Waals surface area contributed by atoms with Crippen LogP contribution in [-0.4, -0.2) is 14.2 Å². The van der Waals surface area contributed by atoms with Crippen LogP contribution >= 0.6 is 15.9 Å². The van der Waals surface area contributed by atoms with Crippen molar-refractivity contribution in [3.05, 3.63) is 69.1 Å². The average Bonchev–Trinajstić information content (AvgIpc) is 2.86. The molecule has 0 saturated carbocycles. The molecule has 0 atom stereocenters. The zero-order valence-corrected chi connectivity index (χ0v) is 11.3. The lowest BCUT2D eigenvalue weighted by Crippen LogP contribution is -2.21. The molecule has 0 aliphatic rings. The predicted octanol–water partition coefficient (Wildman–Crippen LogP) is 2.45.